The van der Waals surface area contributed by atoms with Gasteiger partial charge in [0.15, 0.2) is 6.10 Å². The van der Waals surface area contributed by atoms with Crippen molar-refractivity contribution in [3.05, 3.63) is 0 Å². The highest BCUT2D eigenvalue weighted by Crippen LogP contribution is 2.43. The lowest BCUT2D eigenvalue weighted by atomic mass is 10.0. The van der Waals surface area contributed by atoms with Crippen LogP contribution in [0, 0.1) is 0 Å². The molecule has 3 N–H and O–H groups in total. The van der Waals surface area contributed by atoms with Crippen molar-refractivity contribution < 1.29 is 37.6 Å². The topological polar surface area (TPSA) is 134 Å². The fourth-order valence-corrected chi connectivity index (χ4v) is 8.29. The Morgan fingerprint density at radius 1 is 0.448 bits per heavy atom. The number of phosphoric ester groups is 1. The van der Waals surface area contributed by atoms with Crippen LogP contribution < -0.4 is 5.73 Å². The van der Waals surface area contributed by atoms with Gasteiger partial charge >= 0.3 is 19.8 Å². The zero-order valence-corrected chi connectivity index (χ0v) is 39.2. The maximum Gasteiger partial charge on any atom is 0.472 e. The molecule has 0 aliphatic heterocycles. The third-order valence-electron chi connectivity index (χ3n) is 11.2. The number of hydrogen-bond acceptors (Lipinski definition) is 8. The first-order chi connectivity index (χ1) is 28.3. The molecule has 0 spiro atoms. The summed E-state index contributed by atoms with van der Waals surface area (Å²) in [5, 5.41) is 0. The highest BCUT2D eigenvalue weighted by atomic mass is 31.2. The molecule has 0 aliphatic rings. The van der Waals surface area contributed by atoms with Gasteiger partial charge < -0.3 is 20.1 Å². The predicted molar refractivity (Wildman–Crippen MR) is 243 cm³/mol. The van der Waals surface area contributed by atoms with Crippen molar-refractivity contribution in [3.63, 3.8) is 0 Å². The van der Waals surface area contributed by atoms with Crippen molar-refractivity contribution in [1.29, 1.82) is 0 Å². The van der Waals surface area contributed by atoms with E-state index in [0.29, 0.717) is 6.42 Å². The Balaban J connectivity index is 3.95. The number of carbonyl (C=O) groups is 2. The Labute approximate surface area is 358 Å². The fraction of sp³-hybridized carbons (Fsp3) is 0.958. The molecule has 58 heavy (non-hydrogen) atoms. The van der Waals surface area contributed by atoms with E-state index in [9.17, 15) is 19.0 Å². The lowest BCUT2D eigenvalue weighted by Gasteiger charge is -2.19. The molecule has 0 amide bonds. The largest absolute Gasteiger partial charge is 0.472 e. The molecule has 10 heteroatoms. The number of carbonyl (C=O) groups excluding carboxylic acids is 2. The Morgan fingerprint density at radius 3 is 1.05 bits per heavy atom. The Hall–Kier alpha value is -0.990. The molecule has 0 radical (unpaired) electrons. The zero-order chi connectivity index (χ0) is 42.5. The van der Waals surface area contributed by atoms with Crippen molar-refractivity contribution in [3.8, 4) is 0 Å². The van der Waals surface area contributed by atoms with E-state index < -0.39 is 26.5 Å². The summed E-state index contributed by atoms with van der Waals surface area (Å²) in [6.45, 7) is 3.79. The SMILES string of the molecule is CCCCCCCCCCCCCCCCCCCCCCCCCCC(=O)OC(COC(=O)CCCCCCCCCCCCCCC)COP(=O)(O)OCCN. The van der Waals surface area contributed by atoms with Gasteiger partial charge in [0.1, 0.15) is 6.61 Å². The second-order valence-electron chi connectivity index (χ2n) is 17.1. The van der Waals surface area contributed by atoms with Gasteiger partial charge in [0.25, 0.3) is 0 Å². The first-order valence-corrected chi connectivity index (χ1v) is 26.5. The standard InChI is InChI=1S/C48H96NO8P/c1-3-5-7-9-11-13-15-17-18-19-20-21-22-23-24-25-26-27-29-31-33-35-37-39-41-48(51)57-46(45-56-58(52,53)55-43-42-49)44-54-47(50)40-38-36-34-32-30-28-16-14-12-10-8-6-4-2/h46H,3-45,49H2,1-2H3,(H,52,53). The smallest absolute Gasteiger partial charge is 0.462 e. The summed E-state index contributed by atoms with van der Waals surface area (Å²) in [6, 6.07) is 0. The third kappa shape index (κ3) is 44.6. The van der Waals surface area contributed by atoms with Crippen LogP contribution in [0.1, 0.15) is 264 Å². The van der Waals surface area contributed by atoms with E-state index in [-0.39, 0.29) is 38.6 Å². The van der Waals surface area contributed by atoms with Crippen LogP contribution in [0.25, 0.3) is 0 Å². The van der Waals surface area contributed by atoms with Gasteiger partial charge in [0, 0.05) is 19.4 Å². The first-order valence-electron chi connectivity index (χ1n) is 25.0. The van der Waals surface area contributed by atoms with Crippen LogP contribution in [0.3, 0.4) is 0 Å². The molecule has 0 aromatic heterocycles. The molecule has 0 heterocycles. The van der Waals surface area contributed by atoms with Crippen molar-refractivity contribution >= 4 is 19.8 Å². The molecule has 0 aromatic carbocycles. The maximum atomic E-state index is 12.6. The van der Waals surface area contributed by atoms with Crippen molar-refractivity contribution in [2.24, 2.45) is 5.73 Å². The first kappa shape index (κ1) is 57.0. The molecule has 0 aromatic rings. The second kappa shape index (κ2) is 45.5. The molecular formula is C48H96NO8P. The fourth-order valence-electron chi connectivity index (χ4n) is 7.52. The molecule has 9 nitrogen and oxygen atoms in total. The van der Waals surface area contributed by atoms with E-state index >= 15 is 0 Å². The molecule has 2 atom stereocenters. The predicted octanol–water partition coefficient (Wildman–Crippen LogP) is 14.8. The average Bonchev–Trinajstić information content (AvgIpc) is 3.21. The van der Waals surface area contributed by atoms with Crippen molar-refractivity contribution in [1.82, 2.24) is 0 Å². The minimum atomic E-state index is -4.37. The van der Waals surface area contributed by atoms with Crippen LogP contribution in [-0.2, 0) is 32.7 Å². The van der Waals surface area contributed by atoms with E-state index in [2.05, 4.69) is 13.8 Å². The summed E-state index contributed by atoms with van der Waals surface area (Å²) in [5.41, 5.74) is 5.36. The molecule has 0 saturated carbocycles. The average molecular weight is 846 g/mol. The third-order valence-corrected chi connectivity index (χ3v) is 12.2. The van der Waals surface area contributed by atoms with E-state index in [1.165, 1.54) is 199 Å². The van der Waals surface area contributed by atoms with Gasteiger partial charge in [0.05, 0.1) is 13.2 Å². The molecule has 0 rings (SSSR count). The van der Waals surface area contributed by atoms with Gasteiger partial charge in [-0.15, -0.1) is 0 Å². The van der Waals surface area contributed by atoms with Gasteiger partial charge in [-0.3, -0.25) is 18.6 Å². The van der Waals surface area contributed by atoms with Gasteiger partial charge in [0.2, 0.25) is 0 Å². The van der Waals surface area contributed by atoms with E-state index in [0.717, 1.165) is 32.1 Å². The number of esters is 2. The van der Waals surface area contributed by atoms with Crippen LogP contribution in [-0.4, -0.2) is 49.3 Å². The van der Waals surface area contributed by atoms with Crippen LogP contribution in [0.5, 0.6) is 0 Å². The molecular weight excluding hydrogens is 750 g/mol. The van der Waals surface area contributed by atoms with E-state index in [1.807, 2.05) is 0 Å². The van der Waals surface area contributed by atoms with Crippen LogP contribution >= 0.6 is 7.82 Å². The lowest BCUT2D eigenvalue weighted by Crippen LogP contribution is -2.29. The number of hydrogen-bond donors (Lipinski definition) is 2. The monoisotopic (exact) mass is 846 g/mol. The Bertz CT molecular complexity index is 922. The lowest BCUT2D eigenvalue weighted by molar-refractivity contribution is -0.161. The maximum absolute atomic E-state index is 12.6. The van der Waals surface area contributed by atoms with Crippen LogP contribution in [0.2, 0.25) is 0 Å². The normalized spacial score (nSPS) is 13.1. The molecule has 0 aliphatic carbocycles. The highest BCUT2D eigenvalue weighted by molar-refractivity contribution is 7.47. The van der Waals surface area contributed by atoms with E-state index in [4.69, 9.17) is 24.3 Å². The Kier molecular flexibility index (Phi) is 44.8. The number of rotatable bonds is 48. The van der Waals surface area contributed by atoms with Crippen molar-refractivity contribution in [2.45, 2.75) is 270 Å². The molecule has 0 bridgehead atoms. The van der Waals surface area contributed by atoms with Gasteiger partial charge in [-0.25, -0.2) is 4.57 Å². The van der Waals surface area contributed by atoms with Crippen LogP contribution in [0.15, 0.2) is 0 Å². The molecule has 2 unspecified atom stereocenters. The molecule has 0 saturated heterocycles. The minimum Gasteiger partial charge on any atom is -0.462 e. The summed E-state index contributed by atoms with van der Waals surface area (Å²) in [5.74, 6) is -0.809. The van der Waals surface area contributed by atoms with Gasteiger partial charge in [-0.1, -0.05) is 239 Å². The highest BCUT2D eigenvalue weighted by Gasteiger charge is 2.26. The minimum absolute atomic E-state index is 0.0583. The number of phosphoric acid groups is 1. The van der Waals surface area contributed by atoms with Gasteiger partial charge in [-0.2, -0.15) is 0 Å². The quantitative estimate of drug-likeness (QED) is 0.0349. The molecule has 0 fully saturated rings. The van der Waals surface area contributed by atoms with Crippen LogP contribution in [0.4, 0.5) is 0 Å². The summed E-state index contributed by atoms with van der Waals surface area (Å²) in [4.78, 5) is 35.0. The van der Waals surface area contributed by atoms with Gasteiger partial charge in [-0.05, 0) is 12.8 Å². The molecule has 346 valence electrons. The summed E-state index contributed by atoms with van der Waals surface area (Å²) in [6.07, 6.45) is 47.2. The second-order valence-corrected chi connectivity index (χ2v) is 18.5. The summed E-state index contributed by atoms with van der Waals surface area (Å²) >= 11 is 0. The van der Waals surface area contributed by atoms with E-state index in [1.54, 1.807) is 0 Å². The summed E-state index contributed by atoms with van der Waals surface area (Å²) in [7, 11) is -4.37. The number of unbranched alkanes of at least 4 members (excludes halogenated alkanes) is 35. The Morgan fingerprint density at radius 2 is 0.741 bits per heavy atom. The number of ether oxygens (including phenoxy) is 2. The summed E-state index contributed by atoms with van der Waals surface area (Å²) < 4.78 is 32.9. The zero-order valence-electron chi connectivity index (χ0n) is 38.3. The van der Waals surface area contributed by atoms with Crippen molar-refractivity contribution in [2.75, 3.05) is 26.4 Å². The number of nitrogens with two attached hydrogens (primary N) is 1.